The molecule has 1 aliphatic carbocycles. The molecule has 1 fully saturated rings. The van der Waals surface area contributed by atoms with Crippen LogP contribution < -0.4 is 5.32 Å². The molecule has 0 radical (unpaired) electrons. The third-order valence-electron chi connectivity index (χ3n) is 2.88. The van der Waals surface area contributed by atoms with Crippen molar-refractivity contribution in [2.24, 2.45) is 5.41 Å². The summed E-state index contributed by atoms with van der Waals surface area (Å²) < 4.78 is 4.54. The normalized spacial score (nSPS) is 21.3. The molecular weight excluding hydrogens is 206 g/mol. The highest BCUT2D eigenvalue weighted by molar-refractivity contribution is 5.86. The van der Waals surface area contributed by atoms with Gasteiger partial charge in [-0.05, 0) is 11.8 Å². The lowest BCUT2D eigenvalue weighted by Gasteiger charge is -2.06. The summed E-state index contributed by atoms with van der Waals surface area (Å²) in [4.78, 5) is 19.2. The van der Waals surface area contributed by atoms with Crippen LogP contribution in [0.3, 0.4) is 0 Å². The first-order valence-corrected chi connectivity index (χ1v) is 5.20. The number of nitrogens with one attached hydrogen (secondary N) is 1. The van der Waals surface area contributed by atoms with Gasteiger partial charge in [0.2, 0.25) is 0 Å². The summed E-state index contributed by atoms with van der Waals surface area (Å²) in [6.07, 6.45) is 4.11. The number of methoxy groups -OCH3 is 1. The van der Waals surface area contributed by atoms with Gasteiger partial charge in [-0.2, -0.15) is 0 Å². The van der Waals surface area contributed by atoms with E-state index in [0.717, 1.165) is 6.42 Å². The van der Waals surface area contributed by atoms with Crippen LogP contribution in [-0.4, -0.2) is 29.1 Å². The highest BCUT2D eigenvalue weighted by Crippen LogP contribution is 2.46. The second-order valence-corrected chi connectivity index (χ2v) is 4.67. The average Bonchev–Trinajstić information content (AvgIpc) is 2.86. The lowest BCUT2D eigenvalue weighted by molar-refractivity contribution is 0.0593. The Hall–Kier alpha value is -1.65. The van der Waals surface area contributed by atoms with E-state index in [1.807, 2.05) is 0 Å². The molecule has 1 N–H and O–H groups in total. The molecule has 86 valence electrons. The topological polar surface area (TPSA) is 64.1 Å². The maximum Gasteiger partial charge on any atom is 0.358 e. The third-order valence-corrected chi connectivity index (χ3v) is 2.88. The van der Waals surface area contributed by atoms with Crippen LogP contribution >= 0.6 is 0 Å². The molecule has 16 heavy (non-hydrogen) atoms. The maximum atomic E-state index is 11.1. The number of ether oxygens (including phenoxy) is 1. The van der Waals surface area contributed by atoms with E-state index in [-0.39, 0.29) is 5.69 Å². The molecule has 1 atom stereocenters. The first-order chi connectivity index (χ1) is 7.53. The quantitative estimate of drug-likeness (QED) is 0.783. The van der Waals surface area contributed by atoms with E-state index < -0.39 is 5.97 Å². The molecule has 0 amide bonds. The van der Waals surface area contributed by atoms with Gasteiger partial charge in [-0.1, -0.05) is 13.8 Å². The van der Waals surface area contributed by atoms with Crippen LogP contribution in [0, 0.1) is 5.41 Å². The Morgan fingerprint density at radius 1 is 1.50 bits per heavy atom. The van der Waals surface area contributed by atoms with E-state index in [1.165, 1.54) is 13.3 Å². The lowest BCUT2D eigenvalue weighted by atomic mass is 10.2. The predicted octanol–water partition coefficient (Wildman–Crippen LogP) is 1.47. The summed E-state index contributed by atoms with van der Waals surface area (Å²) in [6, 6.07) is 0.450. The Labute approximate surface area is 94.2 Å². The van der Waals surface area contributed by atoms with Crippen molar-refractivity contribution < 1.29 is 9.53 Å². The molecule has 0 spiro atoms. The molecule has 1 saturated carbocycles. The number of aromatic nitrogens is 2. The van der Waals surface area contributed by atoms with Gasteiger partial charge in [-0.25, -0.2) is 14.8 Å². The SMILES string of the molecule is COC(=O)c1cnc(NC2CC2(C)C)cn1. The van der Waals surface area contributed by atoms with Gasteiger partial charge in [0.05, 0.1) is 19.5 Å². The van der Waals surface area contributed by atoms with Crippen molar-refractivity contribution in [1.82, 2.24) is 9.97 Å². The number of esters is 1. The summed E-state index contributed by atoms with van der Waals surface area (Å²) in [5, 5.41) is 3.26. The fourth-order valence-electron chi connectivity index (χ4n) is 1.50. The van der Waals surface area contributed by atoms with Crippen molar-refractivity contribution in [3.63, 3.8) is 0 Å². The summed E-state index contributed by atoms with van der Waals surface area (Å²) in [5.41, 5.74) is 0.561. The van der Waals surface area contributed by atoms with Crippen molar-refractivity contribution in [3.05, 3.63) is 18.1 Å². The second-order valence-electron chi connectivity index (χ2n) is 4.67. The van der Waals surface area contributed by atoms with Crippen molar-refractivity contribution in [3.8, 4) is 0 Å². The van der Waals surface area contributed by atoms with E-state index >= 15 is 0 Å². The van der Waals surface area contributed by atoms with E-state index in [1.54, 1.807) is 6.20 Å². The highest BCUT2D eigenvalue weighted by atomic mass is 16.5. The minimum absolute atomic E-state index is 0.225. The van der Waals surface area contributed by atoms with Crippen LogP contribution in [-0.2, 0) is 4.74 Å². The molecular formula is C11H15N3O2. The predicted molar refractivity (Wildman–Crippen MR) is 59.2 cm³/mol. The standard InChI is InChI=1S/C11H15N3O2/c1-11(2)4-8(11)14-9-6-12-7(5-13-9)10(15)16-3/h5-6,8H,4H2,1-3H3,(H,13,14). The number of hydrogen-bond donors (Lipinski definition) is 1. The summed E-state index contributed by atoms with van der Waals surface area (Å²) >= 11 is 0. The summed E-state index contributed by atoms with van der Waals surface area (Å²) in [7, 11) is 1.32. The van der Waals surface area contributed by atoms with Gasteiger partial charge in [-0.15, -0.1) is 0 Å². The summed E-state index contributed by atoms with van der Waals surface area (Å²) in [5.74, 6) is 0.231. The number of rotatable bonds is 3. The van der Waals surface area contributed by atoms with E-state index in [4.69, 9.17) is 0 Å². The Kier molecular flexibility index (Phi) is 2.53. The molecule has 0 aromatic carbocycles. The first-order valence-electron chi connectivity index (χ1n) is 5.20. The Balaban J connectivity index is 2.00. The molecule has 5 heteroatoms. The second kappa shape index (κ2) is 3.73. The Morgan fingerprint density at radius 3 is 2.62 bits per heavy atom. The van der Waals surface area contributed by atoms with Gasteiger partial charge in [0.25, 0.3) is 0 Å². The van der Waals surface area contributed by atoms with Crippen molar-refractivity contribution >= 4 is 11.8 Å². The monoisotopic (exact) mass is 221 g/mol. The van der Waals surface area contributed by atoms with Crippen molar-refractivity contribution in [2.45, 2.75) is 26.3 Å². The van der Waals surface area contributed by atoms with Crippen LogP contribution in [0.2, 0.25) is 0 Å². The fraction of sp³-hybridized carbons (Fsp3) is 0.545. The van der Waals surface area contributed by atoms with Gasteiger partial charge in [0.15, 0.2) is 5.69 Å². The molecule has 0 bridgehead atoms. The van der Waals surface area contributed by atoms with Gasteiger partial charge in [-0.3, -0.25) is 0 Å². The molecule has 5 nitrogen and oxygen atoms in total. The number of carbonyl (C=O) groups excluding carboxylic acids is 1. The van der Waals surface area contributed by atoms with Crippen LogP contribution in [0.4, 0.5) is 5.82 Å². The van der Waals surface area contributed by atoms with Crippen LogP contribution in [0.15, 0.2) is 12.4 Å². The van der Waals surface area contributed by atoms with Crippen molar-refractivity contribution in [2.75, 3.05) is 12.4 Å². The smallest absolute Gasteiger partial charge is 0.358 e. The molecule has 1 aliphatic rings. The first kappa shape index (κ1) is 10.9. The highest BCUT2D eigenvalue weighted by Gasteiger charge is 2.45. The number of carbonyl (C=O) groups is 1. The molecule has 0 saturated heterocycles. The van der Waals surface area contributed by atoms with Gasteiger partial charge in [0.1, 0.15) is 5.82 Å². The zero-order valence-corrected chi connectivity index (χ0v) is 9.65. The third kappa shape index (κ3) is 2.13. The Morgan fingerprint density at radius 2 is 2.19 bits per heavy atom. The largest absolute Gasteiger partial charge is 0.464 e. The number of nitrogens with zero attached hydrogens (tertiary/aromatic N) is 2. The van der Waals surface area contributed by atoms with E-state index in [9.17, 15) is 4.79 Å². The zero-order valence-electron chi connectivity index (χ0n) is 9.65. The minimum Gasteiger partial charge on any atom is -0.464 e. The van der Waals surface area contributed by atoms with Gasteiger partial charge in [0, 0.05) is 6.04 Å². The Bertz CT molecular complexity index is 400. The zero-order chi connectivity index (χ0) is 11.8. The molecule has 0 aliphatic heterocycles. The molecule has 1 aromatic heterocycles. The molecule has 2 rings (SSSR count). The van der Waals surface area contributed by atoms with E-state index in [2.05, 4.69) is 33.9 Å². The minimum atomic E-state index is -0.467. The molecule has 1 aromatic rings. The van der Waals surface area contributed by atoms with Crippen LogP contribution in [0.1, 0.15) is 30.8 Å². The molecule has 1 unspecified atom stereocenters. The van der Waals surface area contributed by atoms with Gasteiger partial charge < -0.3 is 10.1 Å². The van der Waals surface area contributed by atoms with Crippen LogP contribution in [0.5, 0.6) is 0 Å². The number of hydrogen-bond acceptors (Lipinski definition) is 5. The average molecular weight is 221 g/mol. The fourth-order valence-corrected chi connectivity index (χ4v) is 1.50. The lowest BCUT2D eigenvalue weighted by Crippen LogP contribution is -2.11. The molecule has 1 heterocycles. The van der Waals surface area contributed by atoms with Gasteiger partial charge >= 0.3 is 5.97 Å². The number of anilines is 1. The van der Waals surface area contributed by atoms with E-state index in [0.29, 0.717) is 17.3 Å². The summed E-state index contributed by atoms with van der Waals surface area (Å²) in [6.45, 7) is 4.39. The van der Waals surface area contributed by atoms with Crippen molar-refractivity contribution in [1.29, 1.82) is 0 Å². The maximum absolute atomic E-state index is 11.1. The van der Waals surface area contributed by atoms with Crippen LogP contribution in [0.25, 0.3) is 0 Å².